The van der Waals surface area contributed by atoms with Crippen molar-refractivity contribution in [3.8, 4) is 11.8 Å². The van der Waals surface area contributed by atoms with Gasteiger partial charge >= 0.3 is 5.97 Å². The molecule has 0 aromatic heterocycles. The Morgan fingerprint density at radius 2 is 2.19 bits per heavy atom. The number of hydrogen-bond donors (Lipinski definition) is 0. The summed E-state index contributed by atoms with van der Waals surface area (Å²) >= 11 is 4.24. The van der Waals surface area contributed by atoms with Gasteiger partial charge in [-0.05, 0) is 23.8 Å². The van der Waals surface area contributed by atoms with E-state index in [1.54, 1.807) is 18.2 Å². The third kappa shape index (κ3) is 4.94. The standard InChI is InChI=1S/C11H9NO2.I2/c1-3-9-4-5-11(14-8(2)13)6-10(9)7-12;1-2/h3-6H,1H2,2H3;. The molecule has 1 rings (SSSR count). The molecule has 0 bridgehead atoms. The molecule has 0 unspecified atom stereocenters. The highest BCUT2D eigenvalue weighted by Crippen LogP contribution is 2.18. The van der Waals surface area contributed by atoms with Gasteiger partial charge in [-0.2, -0.15) is 5.26 Å². The molecule has 0 radical (unpaired) electrons. The van der Waals surface area contributed by atoms with E-state index >= 15 is 0 Å². The molecule has 5 heteroatoms. The van der Waals surface area contributed by atoms with Gasteiger partial charge in [-0.1, -0.05) is 12.7 Å². The van der Waals surface area contributed by atoms with Gasteiger partial charge in [-0.15, -0.1) is 0 Å². The third-order valence-electron chi connectivity index (χ3n) is 1.63. The van der Waals surface area contributed by atoms with Crippen LogP contribution in [0.5, 0.6) is 5.75 Å². The molecule has 0 fully saturated rings. The number of rotatable bonds is 2. The molecule has 0 atom stereocenters. The fraction of sp³-hybridized carbons (Fsp3) is 0.0909. The molecule has 0 spiro atoms. The molecule has 0 saturated heterocycles. The number of carbonyl (C=O) groups excluding carboxylic acids is 1. The number of carbonyl (C=O) groups is 1. The molecule has 3 nitrogen and oxygen atoms in total. The second kappa shape index (κ2) is 8.52. The van der Waals surface area contributed by atoms with E-state index in [9.17, 15) is 4.79 Å². The maximum atomic E-state index is 10.6. The van der Waals surface area contributed by atoms with Crippen molar-refractivity contribution >= 4 is 49.3 Å². The monoisotopic (exact) mass is 441 g/mol. The Labute approximate surface area is 118 Å². The van der Waals surface area contributed by atoms with Crippen LogP contribution in [0.2, 0.25) is 0 Å². The van der Waals surface area contributed by atoms with Crippen molar-refractivity contribution in [3.05, 3.63) is 35.9 Å². The van der Waals surface area contributed by atoms with Gasteiger partial charge in [0.05, 0.1) is 11.6 Å². The lowest BCUT2D eigenvalue weighted by Crippen LogP contribution is -2.01. The lowest BCUT2D eigenvalue weighted by atomic mass is 10.1. The molecular formula is C11H9I2NO2. The zero-order valence-electron chi connectivity index (χ0n) is 8.54. The number of nitriles is 1. The fourth-order valence-corrected chi connectivity index (χ4v) is 1.04. The largest absolute Gasteiger partial charge is 0.427 e. The van der Waals surface area contributed by atoms with Crippen molar-refractivity contribution in [2.24, 2.45) is 0 Å². The highest BCUT2D eigenvalue weighted by Gasteiger charge is 2.02. The summed E-state index contributed by atoms with van der Waals surface area (Å²) in [5, 5.41) is 8.77. The summed E-state index contributed by atoms with van der Waals surface area (Å²) in [6.07, 6.45) is 1.58. The second-order valence-corrected chi connectivity index (χ2v) is 2.66. The lowest BCUT2D eigenvalue weighted by Gasteiger charge is -2.02. The minimum absolute atomic E-state index is 0.375. The maximum absolute atomic E-state index is 10.6. The highest BCUT2D eigenvalue weighted by atomic mass is 128. The van der Waals surface area contributed by atoms with Crippen LogP contribution >= 0.6 is 37.2 Å². The first-order valence-corrected chi connectivity index (χ1v) is 10.4. The third-order valence-corrected chi connectivity index (χ3v) is 1.63. The lowest BCUT2D eigenvalue weighted by molar-refractivity contribution is -0.131. The zero-order valence-corrected chi connectivity index (χ0v) is 12.9. The summed E-state index contributed by atoms with van der Waals surface area (Å²) in [5.41, 5.74) is 1.17. The van der Waals surface area contributed by atoms with Gasteiger partial charge in [0.25, 0.3) is 0 Å². The van der Waals surface area contributed by atoms with Crippen molar-refractivity contribution in [1.29, 1.82) is 5.26 Å². The van der Waals surface area contributed by atoms with Crippen LogP contribution < -0.4 is 4.74 Å². The van der Waals surface area contributed by atoms with Crippen LogP contribution in [0.4, 0.5) is 0 Å². The summed E-state index contributed by atoms with van der Waals surface area (Å²) < 4.78 is 4.83. The number of benzene rings is 1. The fourth-order valence-electron chi connectivity index (χ4n) is 1.04. The molecule has 1 aromatic rings. The molecule has 0 aliphatic rings. The Balaban J connectivity index is 0.00000106. The van der Waals surface area contributed by atoms with Crippen LogP contribution in [0.15, 0.2) is 24.8 Å². The van der Waals surface area contributed by atoms with E-state index in [0.29, 0.717) is 11.3 Å². The first kappa shape index (κ1) is 15.4. The number of halogens is 2. The minimum atomic E-state index is -0.403. The first-order chi connectivity index (χ1) is 7.67. The molecule has 1 aromatic carbocycles. The van der Waals surface area contributed by atoms with Crippen molar-refractivity contribution in [3.63, 3.8) is 0 Å². The maximum Gasteiger partial charge on any atom is 0.308 e. The molecule has 0 saturated carbocycles. The van der Waals surface area contributed by atoms with Gasteiger partial charge in [0.15, 0.2) is 0 Å². The minimum Gasteiger partial charge on any atom is -0.427 e. The molecule has 0 amide bonds. The average Bonchev–Trinajstić information content (AvgIpc) is 2.30. The predicted molar refractivity (Wildman–Crippen MR) is 80.6 cm³/mol. The Kier molecular flexibility index (Phi) is 8.19. The van der Waals surface area contributed by atoms with E-state index in [4.69, 9.17) is 10.00 Å². The van der Waals surface area contributed by atoms with Crippen LogP contribution in [0.25, 0.3) is 6.08 Å². The van der Waals surface area contributed by atoms with Gasteiger partial charge in [0.1, 0.15) is 5.75 Å². The molecule has 16 heavy (non-hydrogen) atoms. The number of esters is 1. The van der Waals surface area contributed by atoms with Gasteiger partial charge in [-0.25, -0.2) is 0 Å². The van der Waals surface area contributed by atoms with Gasteiger partial charge in [-0.3, -0.25) is 4.79 Å². The van der Waals surface area contributed by atoms with Crippen LogP contribution in [-0.2, 0) is 4.79 Å². The van der Waals surface area contributed by atoms with Crippen LogP contribution in [0.3, 0.4) is 0 Å². The quantitative estimate of drug-likeness (QED) is 0.398. The van der Waals surface area contributed by atoms with E-state index in [1.807, 2.05) is 6.07 Å². The normalized spacial score (nSPS) is 8.12. The topological polar surface area (TPSA) is 50.1 Å². The summed E-state index contributed by atoms with van der Waals surface area (Å²) in [4.78, 5) is 10.6. The average molecular weight is 441 g/mol. The first-order valence-electron chi connectivity index (χ1n) is 4.16. The number of nitrogens with zero attached hydrogens (tertiary/aromatic N) is 1. The van der Waals surface area contributed by atoms with Gasteiger partial charge in [0.2, 0.25) is 0 Å². The molecule has 0 aliphatic heterocycles. The molecular weight excluding hydrogens is 432 g/mol. The predicted octanol–water partition coefficient (Wildman–Crippen LogP) is 3.90. The Hall–Kier alpha value is -0.620. The number of hydrogen-bond acceptors (Lipinski definition) is 3. The molecule has 84 valence electrons. The van der Waals surface area contributed by atoms with Crippen molar-refractivity contribution < 1.29 is 9.53 Å². The van der Waals surface area contributed by atoms with E-state index < -0.39 is 5.97 Å². The second-order valence-electron chi connectivity index (χ2n) is 2.66. The van der Waals surface area contributed by atoms with E-state index in [-0.39, 0.29) is 0 Å². The zero-order chi connectivity index (χ0) is 12.6. The smallest absolute Gasteiger partial charge is 0.308 e. The summed E-state index contributed by atoms with van der Waals surface area (Å²) in [6.45, 7) is 4.88. The number of ether oxygens (including phenoxy) is 1. The Morgan fingerprint density at radius 1 is 1.56 bits per heavy atom. The van der Waals surface area contributed by atoms with Gasteiger partial charge in [0, 0.05) is 44.2 Å². The molecule has 0 N–H and O–H groups in total. The summed E-state index contributed by atoms with van der Waals surface area (Å²) in [7, 11) is 0. The van der Waals surface area contributed by atoms with Crippen molar-refractivity contribution in [2.45, 2.75) is 6.92 Å². The van der Waals surface area contributed by atoms with Gasteiger partial charge < -0.3 is 4.74 Å². The van der Waals surface area contributed by atoms with Crippen LogP contribution in [0, 0.1) is 11.3 Å². The SMILES string of the molecule is C=Cc1ccc(OC(C)=O)cc1C#N.II. The van der Waals surface area contributed by atoms with Crippen LogP contribution in [-0.4, -0.2) is 5.97 Å². The molecule has 0 heterocycles. The van der Waals surface area contributed by atoms with E-state index in [2.05, 4.69) is 43.8 Å². The molecule has 0 aliphatic carbocycles. The summed E-state index contributed by atoms with van der Waals surface area (Å²) in [6, 6.07) is 6.82. The Morgan fingerprint density at radius 3 is 2.62 bits per heavy atom. The summed E-state index contributed by atoms with van der Waals surface area (Å²) in [5.74, 6) is -0.0279. The van der Waals surface area contributed by atoms with Crippen molar-refractivity contribution in [2.75, 3.05) is 0 Å². The van der Waals surface area contributed by atoms with E-state index in [1.165, 1.54) is 13.0 Å². The van der Waals surface area contributed by atoms with Crippen LogP contribution in [0.1, 0.15) is 18.1 Å². The Bertz CT molecular complexity index is 424. The van der Waals surface area contributed by atoms with E-state index in [0.717, 1.165) is 5.56 Å². The van der Waals surface area contributed by atoms with Crippen molar-refractivity contribution in [1.82, 2.24) is 0 Å². The highest BCUT2D eigenvalue weighted by molar-refractivity contribution is 15.0.